The largest absolute Gasteiger partial charge is 0.291 e. The molecule has 18 heavy (non-hydrogen) atoms. The topological polar surface area (TPSA) is 103 Å². The van der Waals surface area contributed by atoms with Gasteiger partial charge in [0.05, 0.1) is 4.92 Å². The molecule has 0 unspecified atom stereocenters. The van der Waals surface area contributed by atoms with E-state index in [9.17, 15) is 14.9 Å². The molecule has 2 aromatic rings. The van der Waals surface area contributed by atoms with Crippen LogP contribution in [0.5, 0.6) is 0 Å². The van der Waals surface area contributed by atoms with Crippen LogP contribution in [0.2, 0.25) is 0 Å². The van der Waals surface area contributed by atoms with Gasteiger partial charge < -0.3 is 0 Å². The van der Waals surface area contributed by atoms with E-state index in [-0.39, 0.29) is 17.2 Å². The van der Waals surface area contributed by atoms with Crippen LogP contribution in [-0.4, -0.2) is 25.6 Å². The summed E-state index contributed by atoms with van der Waals surface area (Å²) >= 11 is 0. The fourth-order valence-electron chi connectivity index (χ4n) is 1.34. The van der Waals surface area contributed by atoms with E-state index in [0.717, 1.165) is 0 Å². The van der Waals surface area contributed by atoms with Crippen molar-refractivity contribution in [2.75, 3.05) is 5.32 Å². The number of benzene rings is 1. The molecule has 1 aromatic carbocycles. The minimum Gasteiger partial charge on any atom is -0.291 e. The second-order valence-electron chi connectivity index (χ2n) is 3.47. The van der Waals surface area contributed by atoms with Crippen LogP contribution in [0.1, 0.15) is 10.4 Å². The zero-order valence-electron chi connectivity index (χ0n) is 9.40. The fraction of sp³-hybridized carbons (Fsp3) is 0.100. The molecular weight excluding hydrogens is 238 g/mol. The number of carbonyl (C=O) groups excluding carboxylic acids is 1. The van der Waals surface area contributed by atoms with Gasteiger partial charge in [-0.1, -0.05) is 6.07 Å². The summed E-state index contributed by atoms with van der Waals surface area (Å²) in [7, 11) is 1.62. The van der Waals surface area contributed by atoms with Crippen LogP contribution in [0, 0.1) is 10.1 Å². The van der Waals surface area contributed by atoms with Gasteiger partial charge in [-0.3, -0.25) is 20.2 Å². The molecule has 0 atom stereocenters. The monoisotopic (exact) mass is 247 g/mol. The molecule has 1 amide bonds. The van der Waals surface area contributed by atoms with Gasteiger partial charge in [-0.05, 0) is 6.07 Å². The second kappa shape index (κ2) is 4.62. The van der Waals surface area contributed by atoms with Gasteiger partial charge in [-0.25, -0.2) is 4.68 Å². The quantitative estimate of drug-likeness (QED) is 0.643. The van der Waals surface area contributed by atoms with Crippen molar-refractivity contribution >= 4 is 17.5 Å². The van der Waals surface area contributed by atoms with Crippen molar-refractivity contribution < 1.29 is 9.72 Å². The highest BCUT2D eigenvalue weighted by atomic mass is 16.6. The molecule has 0 radical (unpaired) electrons. The van der Waals surface area contributed by atoms with Gasteiger partial charge in [0.1, 0.15) is 6.33 Å². The van der Waals surface area contributed by atoms with Gasteiger partial charge in [0.15, 0.2) is 0 Å². The number of nitro groups is 1. The van der Waals surface area contributed by atoms with Gasteiger partial charge in [-0.15, -0.1) is 0 Å². The Morgan fingerprint density at radius 1 is 1.50 bits per heavy atom. The average Bonchev–Trinajstić information content (AvgIpc) is 2.75. The molecule has 0 spiro atoms. The van der Waals surface area contributed by atoms with Crippen LogP contribution in [-0.2, 0) is 7.05 Å². The van der Waals surface area contributed by atoms with Crippen molar-refractivity contribution in [2.45, 2.75) is 0 Å². The normalized spacial score (nSPS) is 10.1. The lowest BCUT2D eigenvalue weighted by atomic mass is 10.2. The molecule has 1 aromatic heterocycles. The first-order chi connectivity index (χ1) is 8.58. The summed E-state index contributed by atoms with van der Waals surface area (Å²) in [6, 6.07) is 5.45. The maximum absolute atomic E-state index is 11.8. The Bertz CT molecular complexity index is 607. The zero-order valence-corrected chi connectivity index (χ0v) is 9.40. The van der Waals surface area contributed by atoms with Crippen LogP contribution >= 0.6 is 0 Å². The molecule has 0 aliphatic rings. The second-order valence-corrected chi connectivity index (χ2v) is 3.47. The minimum atomic E-state index is -0.556. The van der Waals surface area contributed by atoms with Gasteiger partial charge >= 0.3 is 0 Å². The number of nitro benzene ring substituents is 1. The van der Waals surface area contributed by atoms with E-state index in [1.807, 2.05) is 0 Å². The first kappa shape index (κ1) is 11.7. The number of rotatable bonds is 3. The first-order valence-electron chi connectivity index (χ1n) is 4.98. The predicted octanol–water partition coefficient (Wildman–Crippen LogP) is 0.976. The molecule has 0 saturated heterocycles. The Kier molecular flexibility index (Phi) is 3.00. The van der Waals surface area contributed by atoms with E-state index >= 15 is 0 Å². The predicted molar refractivity (Wildman–Crippen MR) is 62.1 cm³/mol. The molecule has 0 aliphatic heterocycles. The number of nitrogens with zero attached hydrogens (tertiary/aromatic N) is 4. The van der Waals surface area contributed by atoms with Crippen molar-refractivity contribution in [3.8, 4) is 0 Å². The third-order valence-corrected chi connectivity index (χ3v) is 2.26. The SMILES string of the molecule is Cn1ncnc1NC(=O)c1cccc([N+](=O)[O-])c1. The van der Waals surface area contributed by atoms with Crippen LogP contribution in [0.15, 0.2) is 30.6 Å². The minimum absolute atomic E-state index is 0.138. The van der Waals surface area contributed by atoms with Crippen molar-refractivity contribution in [3.63, 3.8) is 0 Å². The molecule has 1 N–H and O–H groups in total. The number of aromatic nitrogens is 3. The van der Waals surface area contributed by atoms with Crippen molar-refractivity contribution in [1.82, 2.24) is 14.8 Å². The molecule has 0 bridgehead atoms. The molecule has 0 fully saturated rings. The third kappa shape index (κ3) is 2.32. The van der Waals surface area contributed by atoms with Crippen LogP contribution in [0.3, 0.4) is 0 Å². The maximum Gasteiger partial charge on any atom is 0.270 e. The highest BCUT2D eigenvalue weighted by Gasteiger charge is 2.13. The van der Waals surface area contributed by atoms with E-state index < -0.39 is 10.8 Å². The lowest BCUT2D eigenvalue weighted by Crippen LogP contribution is -2.15. The summed E-state index contributed by atoms with van der Waals surface area (Å²) in [5.74, 6) is -0.207. The smallest absolute Gasteiger partial charge is 0.270 e. The summed E-state index contributed by atoms with van der Waals surface area (Å²) in [6.07, 6.45) is 1.29. The number of hydrogen-bond acceptors (Lipinski definition) is 5. The lowest BCUT2D eigenvalue weighted by molar-refractivity contribution is -0.384. The number of amides is 1. The Labute approximate surface area is 101 Å². The number of non-ortho nitro benzene ring substituents is 1. The Morgan fingerprint density at radius 3 is 2.89 bits per heavy atom. The van der Waals surface area contributed by atoms with Crippen molar-refractivity contribution in [1.29, 1.82) is 0 Å². The number of hydrogen-bond donors (Lipinski definition) is 1. The van der Waals surface area contributed by atoms with E-state index in [1.54, 1.807) is 7.05 Å². The summed E-state index contributed by atoms with van der Waals surface area (Å²) in [6.45, 7) is 0. The van der Waals surface area contributed by atoms with Crippen molar-refractivity contribution in [3.05, 3.63) is 46.3 Å². The molecule has 8 nitrogen and oxygen atoms in total. The van der Waals surface area contributed by atoms with E-state index in [2.05, 4.69) is 15.4 Å². The zero-order chi connectivity index (χ0) is 13.1. The molecule has 0 saturated carbocycles. The Hall–Kier alpha value is -2.77. The van der Waals surface area contributed by atoms with Crippen LogP contribution < -0.4 is 5.32 Å². The van der Waals surface area contributed by atoms with Gasteiger partial charge in [0.2, 0.25) is 5.95 Å². The Morgan fingerprint density at radius 2 is 2.28 bits per heavy atom. The maximum atomic E-state index is 11.8. The molecule has 1 heterocycles. The van der Waals surface area contributed by atoms with E-state index in [1.165, 1.54) is 35.3 Å². The average molecular weight is 247 g/mol. The lowest BCUT2D eigenvalue weighted by Gasteiger charge is -2.03. The Balaban J connectivity index is 2.21. The molecule has 8 heteroatoms. The highest BCUT2D eigenvalue weighted by molar-refractivity contribution is 6.03. The van der Waals surface area contributed by atoms with Gasteiger partial charge in [0, 0.05) is 24.7 Å². The number of aryl methyl sites for hydroxylation is 1. The van der Waals surface area contributed by atoms with Gasteiger partial charge in [0.25, 0.3) is 11.6 Å². The summed E-state index contributed by atoms with van der Waals surface area (Å²) in [5, 5.41) is 16.9. The van der Waals surface area contributed by atoms with Crippen LogP contribution in [0.25, 0.3) is 0 Å². The molecule has 2 rings (SSSR count). The molecule has 0 aliphatic carbocycles. The standard InChI is InChI=1S/C10H9N5O3/c1-14-10(11-6-12-14)13-9(16)7-3-2-4-8(5-7)15(17)18/h2-6H,1H3,(H,11,12,13,16). The van der Waals surface area contributed by atoms with Crippen molar-refractivity contribution in [2.24, 2.45) is 7.05 Å². The number of nitrogens with one attached hydrogen (secondary N) is 1. The fourth-order valence-corrected chi connectivity index (χ4v) is 1.34. The molecule has 92 valence electrons. The van der Waals surface area contributed by atoms with E-state index in [4.69, 9.17) is 0 Å². The van der Waals surface area contributed by atoms with Gasteiger partial charge in [-0.2, -0.15) is 10.1 Å². The summed E-state index contributed by atoms with van der Waals surface area (Å²) in [5.41, 5.74) is 0.0489. The van der Waals surface area contributed by atoms with Crippen LogP contribution in [0.4, 0.5) is 11.6 Å². The summed E-state index contributed by atoms with van der Waals surface area (Å²) < 4.78 is 1.38. The van der Waals surface area contributed by atoms with E-state index in [0.29, 0.717) is 0 Å². The third-order valence-electron chi connectivity index (χ3n) is 2.26. The molecular formula is C10H9N5O3. The number of anilines is 1. The first-order valence-corrected chi connectivity index (χ1v) is 4.98. The highest BCUT2D eigenvalue weighted by Crippen LogP contribution is 2.14. The number of carbonyl (C=O) groups is 1. The summed E-state index contributed by atoms with van der Waals surface area (Å²) in [4.78, 5) is 25.7.